The number of hydrogen-bond donors (Lipinski definition) is 0. The van der Waals surface area contributed by atoms with Crippen molar-refractivity contribution in [1.82, 2.24) is 9.97 Å². The van der Waals surface area contributed by atoms with E-state index < -0.39 is 0 Å². The van der Waals surface area contributed by atoms with Crippen LogP contribution in [0.1, 0.15) is 26.6 Å². The van der Waals surface area contributed by atoms with Gasteiger partial charge in [0, 0.05) is 16.4 Å². The molecule has 2 aromatic heterocycles. The molecule has 0 amide bonds. The van der Waals surface area contributed by atoms with Crippen LogP contribution in [0.15, 0.2) is 83.3 Å². The summed E-state index contributed by atoms with van der Waals surface area (Å²) in [6, 6.07) is 27.0. The zero-order valence-electron chi connectivity index (χ0n) is 16.8. The van der Waals surface area contributed by atoms with E-state index in [1.165, 1.54) is 11.1 Å². The van der Waals surface area contributed by atoms with E-state index in [4.69, 9.17) is 14.4 Å². The maximum atomic E-state index is 6.11. The van der Waals surface area contributed by atoms with E-state index in [1.807, 2.05) is 24.3 Å². The number of aromatic nitrogens is 2. The van der Waals surface area contributed by atoms with E-state index in [1.54, 1.807) is 0 Å². The Morgan fingerprint density at radius 2 is 1.38 bits per heavy atom. The first-order valence-corrected chi connectivity index (χ1v) is 9.86. The maximum Gasteiger partial charge on any atom is 0.231 e. The second-order valence-corrected chi connectivity index (χ2v) is 8.37. The molecule has 0 aliphatic heterocycles. The molecule has 0 saturated heterocycles. The molecule has 0 atom stereocenters. The third-order valence-corrected chi connectivity index (χ3v) is 5.15. The number of fused-ring (bicyclic) bond motifs is 3. The third kappa shape index (κ3) is 3.09. The molecule has 142 valence electrons. The molecule has 0 saturated carbocycles. The van der Waals surface area contributed by atoms with Gasteiger partial charge in [0.05, 0.1) is 11.1 Å². The molecule has 29 heavy (non-hydrogen) atoms. The second kappa shape index (κ2) is 6.56. The summed E-state index contributed by atoms with van der Waals surface area (Å²) in [5, 5.41) is 2.02. The molecule has 0 bridgehead atoms. The van der Waals surface area contributed by atoms with E-state index in [2.05, 4.69) is 75.4 Å². The number of nitrogens with zero attached hydrogens (tertiary/aromatic N) is 2. The Balaban J connectivity index is 1.82. The predicted molar refractivity (Wildman–Crippen MR) is 119 cm³/mol. The van der Waals surface area contributed by atoms with Crippen LogP contribution < -0.4 is 0 Å². The minimum Gasteiger partial charge on any atom is -0.438 e. The van der Waals surface area contributed by atoms with Crippen LogP contribution in [0.3, 0.4) is 0 Å². The Bertz CT molecular complexity index is 1330. The Morgan fingerprint density at radius 1 is 0.690 bits per heavy atom. The summed E-state index contributed by atoms with van der Waals surface area (Å²) in [6.07, 6.45) is 0. The Kier molecular flexibility index (Phi) is 3.99. The molecular formula is C26H22N2O. The van der Waals surface area contributed by atoms with Crippen molar-refractivity contribution in [3.05, 3.63) is 84.7 Å². The fraction of sp³-hybridized carbons (Fsp3) is 0.154. The van der Waals surface area contributed by atoms with Crippen molar-refractivity contribution in [2.45, 2.75) is 26.2 Å². The largest absolute Gasteiger partial charge is 0.438 e. The first-order chi connectivity index (χ1) is 14.0. The van der Waals surface area contributed by atoms with Gasteiger partial charge < -0.3 is 4.42 Å². The molecule has 0 unspecified atom stereocenters. The van der Waals surface area contributed by atoms with E-state index in [0.717, 1.165) is 33.4 Å². The van der Waals surface area contributed by atoms with Crippen LogP contribution in [0.5, 0.6) is 0 Å². The van der Waals surface area contributed by atoms with Gasteiger partial charge in [-0.3, -0.25) is 0 Å². The van der Waals surface area contributed by atoms with Crippen LogP contribution >= 0.6 is 0 Å². The number of furan rings is 1. The average Bonchev–Trinajstić information content (AvgIpc) is 3.12. The fourth-order valence-electron chi connectivity index (χ4n) is 3.64. The highest BCUT2D eigenvalue weighted by molar-refractivity contribution is 6.10. The summed E-state index contributed by atoms with van der Waals surface area (Å²) in [5.41, 5.74) is 5.64. The summed E-state index contributed by atoms with van der Waals surface area (Å²) in [5.74, 6) is 0.782. The minimum absolute atomic E-state index is 0.182. The van der Waals surface area contributed by atoms with Crippen LogP contribution in [-0.4, -0.2) is 9.97 Å². The minimum atomic E-state index is -0.182. The highest BCUT2D eigenvalue weighted by Gasteiger charge is 2.23. The van der Waals surface area contributed by atoms with Crippen LogP contribution in [-0.2, 0) is 5.41 Å². The lowest BCUT2D eigenvalue weighted by atomic mass is 9.94. The van der Waals surface area contributed by atoms with Crippen LogP contribution in [0, 0.1) is 0 Å². The van der Waals surface area contributed by atoms with Gasteiger partial charge in [-0.25, -0.2) is 4.98 Å². The van der Waals surface area contributed by atoms with Gasteiger partial charge in [0.25, 0.3) is 0 Å². The van der Waals surface area contributed by atoms with Gasteiger partial charge in [-0.1, -0.05) is 87.5 Å². The van der Waals surface area contributed by atoms with Crippen LogP contribution in [0.4, 0.5) is 0 Å². The molecule has 0 aliphatic carbocycles. The number of rotatable bonds is 2. The molecule has 0 aliphatic rings. The molecule has 3 nitrogen and oxygen atoms in total. The molecular weight excluding hydrogens is 356 g/mol. The van der Waals surface area contributed by atoms with Gasteiger partial charge in [0.2, 0.25) is 5.71 Å². The Labute approximate surface area is 170 Å². The summed E-state index contributed by atoms with van der Waals surface area (Å²) in [7, 11) is 0. The summed E-state index contributed by atoms with van der Waals surface area (Å²) < 4.78 is 6.11. The Morgan fingerprint density at radius 3 is 2.17 bits per heavy atom. The monoisotopic (exact) mass is 378 g/mol. The van der Waals surface area contributed by atoms with Gasteiger partial charge in [-0.05, 0) is 23.3 Å². The summed E-state index contributed by atoms with van der Waals surface area (Å²) in [6.45, 7) is 6.38. The summed E-state index contributed by atoms with van der Waals surface area (Å²) in [4.78, 5) is 9.80. The van der Waals surface area contributed by atoms with Crippen LogP contribution in [0.25, 0.3) is 44.5 Å². The maximum absolute atomic E-state index is 6.11. The first-order valence-electron chi connectivity index (χ1n) is 9.86. The zero-order chi connectivity index (χ0) is 20.0. The van der Waals surface area contributed by atoms with Gasteiger partial charge in [-0.15, -0.1) is 0 Å². The zero-order valence-corrected chi connectivity index (χ0v) is 16.8. The molecule has 0 spiro atoms. The molecule has 5 aromatic rings. The van der Waals surface area contributed by atoms with Crippen LogP contribution in [0.2, 0.25) is 0 Å². The van der Waals surface area contributed by atoms with Crippen molar-refractivity contribution in [3.8, 4) is 22.4 Å². The molecule has 2 heterocycles. The van der Waals surface area contributed by atoms with E-state index in [-0.39, 0.29) is 5.41 Å². The summed E-state index contributed by atoms with van der Waals surface area (Å²) >= 11 is 0. The third-order valence-electron chi connectivity index (χ3n) is 5.15. The normalized spacial score (nSPS) is 12.0. The molecule has 3 aromatic carbocycles. The smallest absolute Gasteiger partial charge is 0.231 e. The standard InChI is InChI=1S/C26H22N2O/c1-26(2,3)25-27-23(22-20-14-7-8-15-21(20)29-24(22)28-25)19-13-9-12-18(16-19)17-10-5-4-6-11-17/h4-16H,1-3H3. The van der Waals surface area contributed by atoms with Crippen molar-refractivity contribution in [3.63, 3.8) is 0 Å². The second-order valence-electron chi connectivity index (χ2n) is 8.37. The highest BCUT2D eigenvalue weighted by Crippen LogP contribution is 2.37. The van der Waals surface area contributed by atoms with Crippen molar-refractivity contribution >= 4 is 22.1 Å². The molecule has 3 heteroatoms. The first kappa shape index (κ1) is 17.6. The van der Waals surface area contributed by atoms with E-state index in [0.29, 0.717) is 5.71 Å². The average molecular weight is 378 g/mol. The fourth-order valence-corrected chi connectivity index (χ4v) is 3.64. The lowest BCUT2D eigenvalue weighted by Crippen LogP contribution is -2.16. The van der Waals surface area contributed by atoms with Gasteiger partial charge in [-0.2, -0.15) is 4.98 Å². The van der Waals surface area contributed by atoms with Crippen molar-refractivity contribution in [1.29, 1.82) is 0 Å². The molecule has 0 N–H and O–H groups in total. The number of hydrogen-bond acceptors (Lipinski definition) is 3. The lowest BCUT2D eigenvalue weighted by molar-refractivity contribution is 0.540. The lowest BCUT2D eigenvalue weighted by Gasteiger charge is -2.17. The van der Waals surface area contributed by atoms with E-state index in [9.17, 15) is 0 Å². The molecule has 0 fully saturated rings. The SMILES string of the molecule is CC(C)(C)c1nc(-c2cccc(-c3ccccc3)c2)c2c(n1)oc1ccccc12. The van der Waals surface area contributed by atoms with Gasteiger partial charge >= 0.3 is 0 Å². The molecule has 0 radical (unpaired) electrons. The number of benzene rings is 3. The predicted octanol–water partition coefficient (Wildman–Crippen LogP) is 7.01. The number of para-hydroxylation sites is 1. The van der Waals surface area contributed by atoms with Crippen molar-refractivity contribution in [2.75, 3.05) is 0 Å². The van der Waals surface area contributed by atoms with Crippen molar-refractivity contribution in [2.24, 2.45) is 0 Å². The van der Waals surface area contributed by atoms with Gasteiger partial charge in [0.1, 0.15) is 11.4 Å². The highest BCUT2D eigenvalue weighted by atomic mass is 16.3. The van der Waals surface area contributed by atoms with Crippen molar-refractivity contribution < 1.29 is 4.42 Å². The van der Waals surface area contributed by atoms with Gasteiger partial charge in [0.15, 0.2) is 0 Å². The topological polar surface area (TPSA) is 38.9 Å². The quantitative estimate of drug-likeness (QED) is 0.332. The Hall–Kier alpha value is -3.46. The van der Waals surface area contributed by atoms with E-state index >= 15 is 0 Å². The molecule has 5 rings (SSSR count).